The van der Waals surface area contributed by atoms with Gasteiger partial charge in [-0.2, -0.15) is 0 Å². The van der Waals surface area contributed by atoms with E-state index >= 15 is 0 Å². The monoisotopic (exact) mass is 286 g/mol. The molecule has 0 aromatic heterocycles. The molecule has 20 heavy (non-hydrogen) atoms. The van der Waals surface area contributed by atoms with Crippen molar-refractivity contribution >= 4 is 17.8 Å². The van der Waals surface area contributed by atoms with Crippen molar-refractivity contribution in [2.75, 3.05) is 13.1 Å². The first-order valence-electron chi connectivity index (χ1n) is 6.48. The van der Waals surface area contributed by atoms with Gasteiger partial charge in [-0.15, -0.1) is 0 Å². The fourth-order valence-corrected chi connectivity index (χ4v) is 2.88. The molecule has 4 unspecified atom stereocenters. The van der Waals surface area contributed by atoms with Crippen molar-refractivity contribution in [3.63, 3.8) is 0 Å². The average Bonchev–Trinajstić information content (AvgIpc) is 2.91. The molecule has 0 saturated carbocycles. The number of carboxylic acids is 1. The molecule has 3 N–H and O–H groups in total. The number of aliphatic hydroxyl groups is 2. The highest BCUT2D eigenvalue weighted by Crippen LogP contribution is 2.25. The standard InChI is InChI=1S/C12H18N2O6/c1-6(15)13-4-7(16)2-9(13)11(18)14-5-8(17)3-10(14)12(19)20/h7-10,16-17H,2-5H2,1H3,(H,19,20). The molecule has 0 bridgehead atoms. The molecule has 0 spiro atoms. The second kappa shape index (κ2) is 5.37. The van der Waals surface area contributed by atoms with Crippen molar-refractivity contribution in [2.45, 2.75) is 44.1 Å². The van der Waals surface area contributed by atoms with Crippen LogP contribution < -0.4 is 0 Å². The number of nitrogens with zero attached hydrogens (tertiary/aromatic N) is 2. The summed E-state index contributed by atoms with van der Waals surface area (Å²) in [6.07, 6.45) is -1.59. The zero-order chi connectivity index (χ0) is 15.0. The van der Waals surface area contributed by atoms with Crippen LogP contribution in [0.25, 0.3) is 0 Å². The highest BCUT2D eigenvalue weighted by molar-refractivity contribution is 5.91. The van der Waals surface area contributed by atoms with Crippen LogP contribution in [0, 0.1) is 0 Å². The lowest BCUT2D eigenvalue weighted by molar-refractivity contribution is -0.151. The van der Waals surface area contributed by atoms with E-state index in [1.807, 2.05) is 0 Å². The van der Waals surface area contributed by atoms with Crippen molar-refractivity contribution < 1.29 is 29.7 Å². The van der Waals surface area contributed by atoms with Gasteiger partial charge < -0.3 is 25.1 Å². The van der Waals surface area contributed by atoms with Crippen LogP contribution >= 0.6 is 0 Å². The lowest BCUT2D eigenvalue weighted by atomic mass is 10.1. The van der Waals surface area contributed by atoms with Gasteiger partial charge in [0.2, 0.25) is 11.8 Å². The van der Waals surface area contributed by atoms with Crippen LogP contribution in [0.4, 0.5) is 0 Å². The Balaban J connectivity index is 2.17. The molecule has 2 amide bonds. The number of carboxylic acid groups (broad SMARTS) is 1. The number of aliphatic hydroxyl groups excluding tert-OH is 2. The minimum absolute atomic E-state index is 0.0174. The molecule has 2 rings (SSSR count). The van der Waals surface area contributed by atoms with E-state index in [0.717, 1.165) is 4.90 Å². The molecule has 2 saturated heterocycles. The second-order valence-electron chi connectivity index (χ2n) is 5.31. The number of rotatable bonds is 2. The third-order valence-electron chi connectivity index (χ3n) is 3.82. The summed E-state index contributed by atoms with van der Waals surface area (Å²) in [6.45, 7) is 1.31. The maximum absolute atomic E-state index is 12.4. The van der Waals surface area contributed by atoms with Crippen molar-refractivity contribution in [3.05, 3.63) is 0 Å². The number of amides is 2. The lowest BCUT2D eigenvalue weighted by Crippen LogP contribution is -2.50. The molecule has 2 fully saturated rings. The van der Waals surface area contributed by atoms with E-state index < -0.39 is 36.2 Å². The smallest absolute Gasteiger partial charge is 0.326 e. The van der Waals surface area contributed by atoms with Crippen molar-refractivity contribution in [3.8, 4) is 0 Å². The SMILES string of the molecule is CC(=O)N1CC(O)CC1C(=O)N1CC(O)CC1C(=O)O. The van der Waals surface area contributed by atoms with Gasteiger partial charge in [-0.3, -0.25) is 9.59 Å². The molecular weight excluding hydrogens is 268 g/mol. The number of likely N-dealkylation sites (tertiary alicyclic amines) is 2. The molecule has 2 heterocycles. The van der Waals surface area contributed by atoms with Crippen molar-refractivity contribution in [1.29, 1.82) is 0 Å². The first-order chi connectivity index (χ1) is 9.31. The number of hydrogen-bond acceptors (Lipinski definition) is 5. The summed E-state index contributed by atoms with van der Waals surface area (Å²) in [6, 6.07) is -1.93. The van der Waals surface area contributed by atoms with E-state index in [-0.39, 0.29) is 31.8 Å². The first-order valence-corrected chi connectivity index (χ1v) is 6.48. The predicted molar refractivity (Wildman–Crippen MR) is 65.6 cm³/mol. The van der Waals surface area contributed by atoms with E-state index in [1.165, 1.54) is 11.8 Å². The van der Waals surface area contributed by atoms with Gasteiger partial charge in [0.1, 0.15) is 12.1 Å². The minimum atomic E-state index is -1.18. The van der Waals surface area contributed by atoms with Gasteiger partial charge >= 0.3 is 5.97 Å². The first kappa shape index (κ1) is 14.7. The second-order valence-corrected chi connectivity index (χ2v) is 5.31. The van der Waals surface area contributed by atoms with E-state index in [2.05, 4.69) is 0 Å². The summed E-state index contributed by atoms with van der Waals surface area (Å²) in [5.74, 6) is -2.05. The molecule has 0 aromatic rings. The number of aliphatic carboxylic acids is 1. The molecule has 0 aliphatic carbocycles. The molecule has 8 heteroatoms. The van der Waals surface area contributed by atoms with Crippen molar-refractivity contribution in [1.82, 2.24) is 9.80 Å². The maximum atomic E-state index is 12.4. The Labute approximate surface area is 115 Å². The highest BCUT2D eigenvalue weighted by Gasteiger charge is 2.45. The van der Waals surface area contributed by atoms with Gasteiger partial charge in [0.25, 0.3) is 0 Å². The van der Waals surface area contributed by atoms with Gasteiger partial charge in [0.15, 0.2) is 0 Å². The summed E-state index contributed by atoms with van der Waals surface area (Å²) in [5, 5.41) is 28.2. The van der Waals surface area contributed by atoms with Crippen LogP contribution in [-0.2, 0) is 14.4 Å². The largest absolute Gasteiger partial charge is 0.480 e. The molecule has 8 nitrogen and oxygen atoms in total. The number of carbonyl (C=O) groups is 3. The Morgan fingerprint density at radius 3 is 1.95 bits per heavy atom. The van der Waals surface area contributed by atoms with E-state index in [1.54, 1.807) is 0 Å². The summed E-state index contributed by atoms with van der Waals surface area (Å²) < 4.78 is 0. The van der Waals surface area contributed by atoms with Crippen LogP contribution in [0.2, 0.25) is 0 Å². The fourth-order valence-electron chi connectivity index (χ4n) is 2.88. The zero-order valence-corrected chi connectivity index (χ0v) is 11.1. The Morgan fingerprint density at radius 2 is 1.45 bits per heavy atom. The molecule has 0 radical (unpaired) electrons. The topological polar surface area (TPSA) is 118 Å². The Kier molecular flexibility index (Phi) is 3.96. The van der Waals surface area contributed by atoms with Gasteiger partial charge in [-0.1, -0.05) is 0 Å². The summed E-state index contributed by atoms with van der Waals surface area (Å²) in [5.41, 5.74) is 0. The zero-order valence-electron chi connectivity index (χ0n) is 11.1. The van der Waals surface area contributed by atoms with E-state index in [9.17, 15) is 24.6 Å². The molecular formula is C12H18N2O6. The van der Waals surface area contributed by atoms with E-state index in [0.29, 0.717) is 0 Å². The molecule has 0 aromatic carbocycles. The molecule has 4 atom stereocenters. The summed E-state index contributed by atoms with van der Waals surface area (Å²) in [7, 11) is 0. The lowest BCUT2D eigenvalue weighted by Gasteiger charge is -2.29. The number of β-amino-alcohol motifs (C(OH)–C–C–N with tert-alkyl or cyclic N) is 2. The quantitative estimate of drug-likeness (QED) is 0.541. The molecule has 2 aliphatic heterocycles. The van der Waals surface area contributed by atoms with E-state index in [4.69, 9.17) is 5.11 Å². The van der Waals surface area contributed by atoms with Crippen LogP contribution in [0.1, 0.15) is 19.8 Å². The summed E-state index contributed by atoms with van der Waals surface area (Å²) >= 11 is 0. The maximum Gasteiger partial charge on any atom is 0.326 e. The Bertz CT molecular complexity index is 402. The van der Waals surface area contributed by atoms with Crippen LogP contribution in [-0.4, -0.2) is 80.3 Å². The van der Waals surface area contributed by atoms with Gasteiger partial charge in [-0.25, -0.2) is 4.79 Å². The molecule has 2 aliphatic rings. The van der Waals surface area contributed by atoms with Crippen LogP contribution in [0.3, 0.4) is 0 Å². The third kappa shape index (κ3) is 2.61. The highest BCUT2D eigenvalue weighted by atomic mass is 16.4. The van der Waals surface area contributed by atoms with Crippen LogP contribution in [0.15, 0.2) is 0 Å². The Morgan fingerprint density at radius 1 is 0.950 bits per heavy atom. The van der Waals surface area contributed by atoms with Gasteiger partial charge in [0.05, 0.1) is 12.2 Å². The number of hydrogen-bond donors (Lipinski definition) is 3. The fraction of sp³-hybridized carbons (Fsp3) is 0.750. The predicted octanol–water partition coefficient (Wildman–Crippen LogP) is -1.99. The number of carbonyl (C=O) groups excluding carboxylic acids is 2. The Hall–Kier alpha value is -1.67. The van der Waals surface area contributed by atoms with Gasteiger partial charge in [0, 0.05) is 32.9 Å². The van der Waals surface area contributed by atoms with Crippen molar-refractivity contribution in [2.24, 2.45) is 0 Å². The normalized spacial score (nSPS) is 33.5. The minimum Gasteiger partial charge on any atom is -0.480 e. The molecule has 112 valence electrons. The third-order valence-corrected chi connectivity index (χ3v) is 3.82. The summed E-state index contributed by atoms with van der Waals surface area (Å²) in [4.78, 5) is 37.4. The van der Waals surface area contributed by atoms with Gasteiger partial charge in [-0.05, 0) is 0 Å². The average molecular weight is 286 g/mol. The van der Waals surface area contributed by atoms with Crippen LogP contribution in [0.5, 0.6) is 0 Å².